The summed E-state index contributed by atoms with van der Waals surface area (Å²) >= 11 is 1.69. The molecule has 2 heterocycles. The molecule has 0 N–H and O–H groups in total. The van der Waals surface area contributed by atoms with Gasteiger partial charge in [0, 0.05) is 24.4 Å². The highest BCUT2D eigenvalue weighted by molar-refractivity contribution is 7.16. The fourth-order valence-electron chi connectivity index (χ4n) is 2.38. The van der Waals surface area contributed by atoms with Crippen LogP contribution in [0.5, 0.6) is 0 Å². The van der Waals surface area contributed by atoms with Crippen molar-refractivity contribution in [2.24, 2.45) is 0 Å². The number of thiazole rings is 1. The molecule has 1 unspecified atom stereocenters. The molecule has 1 atom stereocenters. The summed E-state index contributed by atoms with van der Waals surface area (Å²) < 4.78 is 5.52. The molecule has 1 aromatic rings. The van der Waals surface area contributed by atoms with E-state index in [-0.39, 0.29) is 11.9 Å². The van der Waals surface area contributed by atoms with Crippen LogP contribution in [0.15, 0.2) is 0 Å². The summed E-state index contributed by atoms with van der Waals surface area (Å²) in [5.74, 6) is 0.218. The minimum Gasteiger partial charge on any atom is -0.375 e. The second kappa shape index (κ2) is 4.38. The minimum absolute atomic E-state index is 0.218. The van der Waals surface area contributed by atoms with Crippen LogP contribution in [-0.4, -0.2) is 36.6 Å². The van der Waals surface area contributed by atoms with Crippen LogP contribution in [-0.2, 0) is 11.2 Å². The van der Waals surface area contributed by atoms with Gasteiger partial charge in [-0.25, -0.2) is 4.98 Å². The number of carbonyl (C=O) groups excluding carboxylic acids is 1. The van der Waals surface area contributed by atoms with Gasteiger partial charge in [-0.3, -0.25) is 4.79 Å². The molecule has 0 bridgehead atoms. The number of rotatable bonds is 1. The van der Waals surface area contributed by atoms with Gasteiger partial charge in [0.05, 0.1) is 12.7 Å². The summed E-state index contributed by atoms with van der Waals surface area (Å²) in [6, 6.07) is 0. The van der Waals surface area contributed by atoms with E-state index in [2.05, 4.69) is 16.8 Å². The Kier molecular flexibility index (Phi) is 2.88. The molecular weight excluding hydrogens is 236 g/mol. The van der Waals surface area contributed by atoms with Gasteiger partial charge in [0.1, 0.15) is 5.69 Å². The molecule has 4 nitrogen and oxygen atoms in total. The van der Waals surface area contributed by atoms with Crippen LogP contribution in [0.3, 0.4) is 0 Å². The van der Waals surface area contributed by atoms with E-state index in [1.165, 1.54) is 4.88 Å². The number of hydrogen-bond donors (Lipinski definition) is 0. The third-order valence-electron chi connectivity index (χ3n) is 3.27. The first-order valence-electron chi connectivity index (χ1n) is 6.13. The van der Waals surface area contributed by atoms with E-state index in [4.69, 9.17) is 4.74 Å². The molecule has 1 aliphatic heterocycles. The van der Waals surface area contributed by atoms with E-state index in [9.17, 15) is 4.79 Å². The molecule has 0 amide bonds. The second-order valence-electron chi connectivity index (χ2n) is 4.67. The van der Waals surface area contributed by atoms with Crippen molar-refractivity contribution in [1.29, 1.82) is 0 Å². The third-order valence-corrected chi connectivity index (χ3v) is 4.45. The first-order chi connectivity index (χ1) is 8.24. The normalized spacial score (nSPS) is 24.9. The molecule has 1 saturated heterocycles. The first-order valence-corrected chi connectivity index (χ1v) is 6.95. The average Bonchev–Trinajstić information content (AvgIpc) is 2.74. The van der Waals surface area contributed by atoms with Crippen molar-refractivity contribution in [2.45, 2.75) is 32.3 Å². The first kappa shape index (κ1) is 11.2. The van der Waals surface area contributed by atoms with Crippen LogP contribution in [0.25, 0.3) is 0 Å². The number of hydrogen-bond acceptors (Lipinski definition) is 5. The van der Waals surface area contributed by atoms with E-state index in [1.54, 1.807) is 11.3 Å². The molecule has 2 aliphatic rings. The van der Waals surface area contributed by atoms with Crippen molar-refractivity contribution < 1.29 is 9.53 Å². The van der Waals surface area contributed by atoms with Gasteiger partial charge in [-0.15, -0.1) is 11.3 Å². The summed E-state index contributed by atoms with van der Waals surface area (Å²) in [6.07, 6.45) is 2.90. The Labute approximate surface area is 105 Å². The van der Waals surface area contributed by atoms with Crippen LogP contribution in [0.1, 0.15) is 35.1 Å². The molecular formula is C12H16N2O2S. The maximum absolute atomic E-state index is 11.7. The zero-order chi connectivity index (χ0) is 11.8. The standard InChI is InChI=1S/C12H16N2O2S/c1-8-7-14(5-6-16-8)12-13-11-9(15)3-2-4-10(11)17-12/h8H,2-7H2,1H3. The SMILES string of the molecule is CC1CN(c2nc3c(s2)CCCC3=O)CCO1. The average molecular weight is 252 g/mol. The fourth-order valence-corrected chi connectivity index (χ4v) is 3.54. The van der Waals surface area contributed by atoms with E-state index < -0.39 is 0 Å². The van der Waals surface area contributed by atoms with Crippen molar-refractivity contribution in [3.8, 4) is 0 Å². The van der Waals surface area contributed by atoms with Gasteiger partial charge >= 0.3 is 0 Å². The van der Waals surface area contributed by atoms with Crippen molar-refractivity contribution >= 4 is 22.3 Å². The van der Waals surface area contributed by atoms with E-state index >= 15 is 0 Å². The maximum Gasteiger partial charge on any atom is 0.186 e. The summed E-state index contributed by atoms with van der Waals surface area (Å²) in [7, 11) is 0. The molecule has 17 heavy (non-hydrogen) atoms. The van der Waals surface area contributed by atoms with E-state index in [1.807, 2.05) is 0 Å². The van der Waals surface area contributed by atoms with Gasteiger partial charge in [0.15, 0.2) is 10.9 Å². The van der Waals surface area contributed by atoms with E-state index in [0.29, 0.717) is 6.42 Å². The predicted molar refractivity (Wildman–Crippen MR) is 67.0 cm³/mol. The topological polar surface area (TPSA) is 42.4 Å². The van der Waals surface area contributed by atoms with Crippen LogP contribution >= 0.6 is 11.3 Å². The van der Waals surface area contributed by atoms with Gasteiger partial charge in [0.2, 0.25) is 0 Å². The Morgan fingerprint density at radius 2 is 2.35 bits per heavy atom. The molecule has 0 spiro atoms. The summed E-state index contributed by atoms with van der Waals surface area (Å²) in [4.78, 5) is 19.7. The zero-order valence-corrected chi connectivity index (χ0v) is 10.8. The monoisotopic (exact) mass is 252 g/mol. The zero-order valence-electron chi connectivity index (χ0n) is 9.94. The molecule has 5 heteroatoms. The van der Waals surface area contributed by atoms with E-state index in [0.717, 1.165) is 43.4 Å². The van der Waals surface area contributed by atoms with Crippen molar-refractivity contribution in [2.75, 3.05) is 24.6 Å². The quantitative estimate of drug-likeness (QED) is 0.765. The summed E-state index contributed by atoms with van der Waals surface area (Å²) in [6.45, 7) is 4.58. The van der Waals surface area contributed by atoms with Gasteiger partial charge in [-0.2, -0.15) is 0 Å². The number of ether oxygens (including phenoxy) is 1. The molecule has 0 radical (unpaired) electrons. The number of aromatic nitrogens is 1. The Morgan fingerprint density at radius 1 is 1.47 bits per heavy atom. The van der Waals surface area contributed by atoms with Crippen LogP contribution in [0, 0.1) is 0 Å². The molecule has 1 fully saturated rings. The smallest absolute Gasteiger partial charge is 0.186 e. The molecule has 1 aromatic heterocycles. The van der Waals surface area contributed by atoms with Crippen molar-refractivity contribution in [1.82, 2.24) is 4.98 Å². The molecule has 3 rings (SSSR count). The van der Waals surface area contributed by atoms with Crippen LogP contribution in [0.4, 0.5) is 5.13 Å². The number of aryl methyl sites for hydroxylation is 1. The lowest BCUT2D eigenvalue weighted by Crippen LogP contribution is -2.41. The number of ketones is 1. The van der Waals surface area contributed by atoms with Crippen LogP contribution in [0.2, 0.25) is 0 Å². The van der Waals surface area contributed by atoms with Gasteiger partial charge in [-0.1, -0.05) is 0 Å². The Bertz CT molecular complexity index is 444. The number of Topliss-reactive ketones (excluding diaryl/α,β-unsaturated/α-hetero) is 1. The number of nitrogens with zero attached hydrogens (tertiary/aromatic N) is 2. The fraction of sp³-hybridized carbons (Fsp3) is 0.667. The lowest BCUT2D eigenvalue weighted by Gasteiger charge is -2.30. The Morgan fingerprint density at radius 3 is 3.12 bits per heavy atom. The molecule has 0 aromatic carbocycles. The highest BCUT2D eigenvalue weighted by Crippen LogP contribution is 2.32. The van der Waals surface area contributed by atoms with Gasteiger partial charge < -0.3 is 9.64 Å². The minimum atomic E-state index is 0.218. The lowest BCUT2D eigenvalue weighted by molar-refractivity contribution is 0.0532. The number of fused-ring (bicyclic) bond motifs is 1. The van der Waals surface area contributed by atoms with Gasteiger partial charge in [-0.05, 0) is 19.8 Å². The largest absolute Gasteiger partial charge is 0.375 e. The number of morpholine rings is 1. The lowest BCUT2D eigenvalue weighted by atomic mass is 10.0. The highest BCUT2D eigenvalue weighted by atomic mass is 32.1. The summed E-state index contributed by atoms with van der Waals surface area (Å²) in [5, 5.41) is 1.00. The molecule has 0 saturated carbocycles. The van der Waals surface area contributed by atoms with Crippen molar-refractivity contribution in [3.05, 3.63) is 10.6 Å². The predicted octanol–water partition coefficient (Wildman–Crippen LogP) is 1.89. The summed E-state index contributed by atoms with van der Waals surface area (Å²) in [5.41, 5.74) is 0.732. The number of anilines is 1. The number of carbonyl (C=O) groups is 1. The second-order valence-corrected chi connectivity index (χ2v) is 5.73. The van der Waals surface area contributed by atoms with Crippen LogP contribution < -0.4 is 4.90 Å². The highest BCUT2D eigenvalue weighted by Gasteiger charge is 2.26. The van der Waals surface area contributed by atoms with Crippen molar-refractivity contribution in [3.63, 3.8) is 0 Å². The third kappa shape index (κ3) is 2.09. The maximum atomic E-state index is 11.7. The Hall–Kier alpha value is -0.940. The molecule has 92 valence electrons. The van der Waals surface area contributed by atoms with Gasteiger partial charge in [0.25, 0.3) is 0 Å². The Balaban J connectivity index is 1.86. The molecule has 1 aliphatic carbocycles.